The van der Waals surface area contributed by atoms with Crippen LogP contribution in [0.1, 0.15) is 61.6 Å². The Labute approximate surface area is 209 Å². The average Bonchev–Trinajstić information content (AvgIpc) is 2.86. The van der Waals surface area contributed by atoms with Gasteiger partial charge in [0.25, 0.3) is 5.69 Å². The molecule has 3 rings (SSSR count). The van der Waals surface area contributed by atoms with Crippen molar-refractivity contribution in [3.05, 3.63) is 97.6 Å². The van der Waals surface area contributed by atoms with E-state index in [-0.39, 0.29) is 41.4 Å². The van der Waals surface area contributed by atoms with Crippen molar-refractivity contribution < 1.29 is 24.8 Å². The molecule has 0 bridgehead atoms. The third kappa shape index (κ3) is 6.29. The molecule has 190 valence electrons. The first kappa shape index (κ1) is 26.5. The summed E-state index contributed by atoms with van der Waals surface area (Å²) >= 11 is 0. The van der Waals surface area contributed by atoms with Crippen LogP contribution in [0.25, 0.3) is 0 Å². The highest BCUT2D eigenvalue weighted by Gasteiger charge is 2.23. The Kier molecular flexibility index (Phi) is 8.83. The quantitative estimate of drug-likeness (QED) is 0.164. The molecule has 2 atom stereocenters. The van der Waals surface area contributed by atoms with Crippen molar-refractivity contribution in [2.45, 2.75) is 51.4 Å². The van der Waals surface area contributed by atoms with Gasteiger partial charge in [0.05, 0.1) is 22.5 Å². The summed E-state index contributed by atoms with van der Waals surface area (Å²) in [6.07, 6.45) is 2.79. The number of hydrogen-bond donors (Lipinski definition) is 2. The molecule has 0 aliphatic carbocycles. The molecular weight excluding hydrogens is 464 g/mol. The topological polar surface area (TPSA) is 136 Å². The molecule has 0 saturated carbocycles. The van der Waals surface area contributed by atoms with Crippen LogP contribution in [0.3, 0.4) is 0 Å². The molecule has 2 N–H and O–H groups in total. The molecule has 0 radical (unpaired) electrons. The van der Waals surface area contributed by atoms with E-state index in [1.165, 1.54) is 12.1 Å². The molecule has 2 unspecified atom stereocenters. The number of aryl methyl sites for hydroxylation is 1. The second-order valence-electron chi connectivity index (χ2n) is 8.63. The van der Waals surface area contributed by atoms with Gasteiger partial charge >= 0.3 is 5.69 Å². The van der Waals surface area contributed by atoms with Crippen LogP contribution < -0.4 is 4.74 Å². The van der Waals surface area contributed by atoms with E-state index in [2.05, 4.69) is 13.8 Å². The third-order valence-corrected chi connectivity index (χ3v) is 6.42. The predicted octanol–water partition coefficient (Wildman–Crippen LogP) is 6.61. The zero-order valence-electron chi connectivity index (χ0n) is 20.3. The van der Waals surface area contributed by atoms with Crippen molar-refractivity contribution in [2.75, 3.05) is 6.61 Å². The summed E-state index contributed by atoms with van der Waals surface area (Å²) in [5.74, 6) is 0.841. The first-order valence-corrected chi connectivity index (χ1v) is 11.9. The fourth-order valence-corrected chi connectivity index (χ4v) is 4.59. The first-order chi connectivity index (χ1) is 17.2. The van der Waals surface area contributed by atoms with Crippen LogP contribution in [-0.4, -0.2) is 26.7 Å². The first-order valence-electron chi connectivity index (χ1n) is 11.9. The molecule has 3 aromatic rings. The van der Waals surface area contributed by atoms with E-state index in [4.69, 9.17) is 4.74 Å². The average molecular weight is 495 g/mol. The Bertz CT molecular complexity index is 1210. The maximum Gasteiger partial charge on any atom is 0.317 e. The van der Waals surface area contributed by atoms with E-state index >= 15 is 0 Å². The molecule has 0 spiro atoms. The van der Waals surface area contributed by atoms with Crippen molar-refractivity contribution in [1.82, 2.24) is 0 Å². The summed E-state index contributed by atoms with van der Waals surface area (Å²) in [5, 5.41) is 42.2. The number of ether oxygens (including phenoxy) is 1. The Morgan fingerprint density at radius 1 is 0.833 bits per heavy atom. The SMILES string of the molecule is CCC(c1ccc(O)cc1)C(CC)c1ccc(O)c(CCCOc2ccc([N+](=O)[O-])cc2[N+](=O)[O-])c1. The van der Waals surface area contributed by atoms with Crippen LogP contribution in [0.5, 0.6) is 17.2 Å². The largest absolute Gasteiger partial charge is 0.508 e. The maximum absolute atomic E-state index is 11.3. The van der Waals surface area contributed by atoms with Gasteiger partial charge in [-0.05, 0) is 78.5 Å². The maximum atomic E-state index is 11.3. The van der Waals surface area contributed by atoms with Crippen LogP contribution in [0.15, 0.2) is 60.7 Å². The van der Waals surface area contributed by atoms with Gasteiger partial charge in [-0.2, -0.15) is 0 Å². The van der Waals surface area contributed by atoms with E-state index in [9.17, 15) is 30.4 Å². The van der Waals surface area contributed by atoms with Crippen LogP contribution in [-0.2, 0) is 6.42 Å². The number of hydrogen-bond acceptors (Lipinski definition) is 7. The lowest BCUT2D eigenvalue weighted by molar-refractivity contribution is -0.394. The lowest BCUT2D eigenvalue weighted by Crippen LogP contribution is -2.11. The molecule has 9 nitrogen and oxygen atoms in total. The Morgan fingerprint density at radius 2 is 1.47 bits per heavy atom. The number of phenolic OH excluding ortho intramolecular Hbond substituents is 2. The number of benzene rings is 3. The number of phenols is 2. The van der Waals surface area contributed by atoms with E-state index < -0.39 is 15.5 Å². The third-order valence-electron chi connectivity index (χ3n) is 6.42. The number of non-ortho nitro benzene ring substituents is 1. The zero-order chi connectivity index (χ0) is 26.2. The molecule has 0 amide bonds. The second-order valence-corrected chi connectivity index (χ2v) is 8.63. The summed E-state index contributed by atoms with van der Waals surface area (Å²) in [6, 6.07) is 16.2. The standard InChI is InChI=1S/C27H30N2O7/c1-3-23(18-7-11-22(30)12-8-18)24(4-2)19-9-13-26(31)20(16-19)6-5-15-36-27-14-10-21(28(32)33)17-25(27)29(34)35/h7-14,16-17,23-24,30-31H,3-6,15H2,1-2H3. The van der Waals surface area contributed by atoms with Crippen molar-refractivity contribution in [2.24, 2.45) is 0 Å². The summed E-state index contributed by atoms with van der Waals surface area (Å²) in [7, 11) is 0. The van der Waals surface area contributed by atoms with Gasteiger partial charge in [-0.3, -0.25) is 20.2 Å². The molecule has 36 heavy (non-hydrogen) atoms. The normalized spacial score (nSPS) is 12.6. The van der Waals surface area contributed by atoms with Crippen molar-refractivity contribution in [3.63, 3.8) is 0 Å². The Balaban J connectivity index is 1.71. The van der Waals surface area contributed by atoms with E-state index in [1.807, 2.05) is 24.3 Å². The minimum atomic E-state index is -0.708. The highest BCUT2D eigenvalue weighted by molar-refractivity contribution is 5.53. The van der Waals surface area contributed by atoms with Crippen LogP contribution in [0.4, 0.5) is 11.4 Å². The molecule has 0 heterocycles. The van der Waals surface area contributed by atoms with E-state index in [0.29, 0.717) is 12.8 Å². The molecule has 0 aliphatic rings. The molecule has 0 fully saturated rings. The molecule has 0 aliphatic heterocycles. The second kappa shape index (κ2) is 12.0. The molecule has 3 aromatic carbocycles. The molecule has 0 saturated heterocycles. The fraction of sp³-hybridized carbons (Fsp3) is 0.333. The van der Waals surface area contributed by atoms with Crippen LogP contribution in [0.2, 0.25) is 0 Å². The van der Waals surface area contributed by atoms with Gasteiger partial charge < -0.3 is 14.9 Å². The van der Waals surface area contributed by atoms with Gasteiger partial charge in [-0.1, -0.05) is 38.1 Å². The molecule has 9 heteroatoms. The number of aromatic hydroxyl groups is 2. The van der Waals surface area contributed by atoms with Gasteiger partial charge in [-0.15, -0.1) is 0 Å². The Morgan fingerprint density at radius 3 is 2.08 bits per heavy atom. The summed E-state index contributed by atoms with van der Waals surface area (Å²) in [6.45, 7) is 4.41. The van der Waals surface area contributed by atoms with Crippen molar-refractivity contribution in [1.29, 1.82) is 0 Å². The summed E-state index contributed by atoms with van der Waals surface area (Å²) in [5.41, 5.74) is 2.18. The minimum Gasteiger partial charge on any atom is -0.508 e. The summed E-state index contributed by atoms with van der Waals surface area (Å²) in [4.78, 5) is 20.8. The van der Waals surface area contributed by atoms with E-state index in [1.54, 1.807) is 18.2 Å². The highest BCUT2D eigenvalue weighted by atomic mass is 16.6. The predicted molar refractivity (Wildman–Crippen MR) is 136 cm³/mol. The summed E-state index contributed by atoms with van der Waals surface area (Å²) < 4.78 is 5.55. The Hall–Kier alpha value is -4.14. The van der Waals surface area contributed by atoms with E-state index in [0.717, 1.165) is 35.6 Å². The van der Waals surface area contributed by atoms with Gasteiger partial charge in [0, 0.05) is 6.07 Å². The number of nitro groups is 2. The highest BCUT2D eigenvalue weighted by Crippen LogP contribution is 2.40. The molecular formula is C27H30N2O7. The van der Waals surface area contributed by atoms with Crippen molar-refractivity contribution >= 4 is 11.4 Å². The lowest BCUT2D eigenvalue weighted by Gasteiger charge is -2.27. The monoisotopic (exact) mass is 494 g/mol. The number of nitro benzene ring substituents is 2. The van der Waals surface area contributed by atoms with Crippen LogP contribution >= 0.6 is 0 Å². The number of rotatable bonds is 12. The zero-order valence-corrected chi connectivity index (χ0v) is 20.3. The minimum absolute atomic E-state index is 0.0331. The van der Waals surface area contributed by atoms with Gasteiger partial charge in [0.2, 0.25) is 0 Å². The smallest absolute Gasteiger partial charge is 0.317 e. The lowest BCUT2D eigenvalue weighted by atomic mass is 9.78. The van der Waals surface area contributed by atoms with Gasteiger partial charge in [0.1, 0.15) is 11.5 Å². The molecule has 0 aromatic heterocycles. The fourth-order valence-electron chi connectivity index (χ4n) is 4.59. The van der Waals surface area contributed by atoms with Gasteiger partial charge in [-0.25, -0.2) is 0 Å². The van der Waals surface area contributed by atoms with Gasteiger partial charge in [0.15, 0.2) is 5.75 Å². The van der Waals surface area contributed by atoms with Crippen molar-refractivity contribution in [3.8, 4) is 17.2 Å². The number of nitrogens with zero attached hydrogens (tertiary/aromatic N) is 2. The van der Waals surface area contributed by atoms with Crippen LogP contribution in [0, 0.1) is 20.2 Å².